The normalized spacial score (nSPS) is 21.8. The molecule has 1 aromatic heterocycles. The van der Waals surface area contributed by atoms with Gasteiger partial charge in [0.15, 0.2) is 0 Å². The predicted molar refractivity (Wildman–Crippen MR) is 89.9 cm³/mol. The molecule has 1 aromatic rings. The van der Waals surface area contributed by atoms with Gasteiger partial charge in [-0.25, -0.2) is 4.98 Å². The van der Waals surface area contributed by atoms with E-state index in [1.165, 1.54) is 6.20 Å². The van der Waals surface area contributed by atoms with Gasteiger partial charge in [-0.1, -0.05) is 0 Å². The van der Waals surface area contributed by atoms with Crippen molar-refractivity contribution >= 4 is 23.5 Å². The number of nitrogens with zero attached hydrogens (tertiary/aromatic N) is 2. The summed E-state index contributed by atoms with van der Waals surface area (Å²) in [6, 6.07) is 2.78. The Morgan fingerprint density at radius 1 is 1.28 bits per heavy atom. The van der Waals surface area contributed by atoms with Gasteiger partial charge in [-0.05, 0) is 37.3 Å². The Hall–Kier alpha value is -2.48. The Morgan fingerprint density at radius 2 is 2.04 bits per heavy atom. The fourth-order valence-electron chi connectivity index (χ4n) is 3.12. The molecular formula is C17H22N4O4. The summed E-state index contributed by atoms with van der Waals surface area (Å²) in [5.41, 5.74) is 0.374. The Labute approximate surface area is 145 Å². The number of pyridine rings is 1. The van der Waals surface area contributed by atoms with Gasteiger partial charge in [0, 0.05) is 32.3 Å². The maximum absolute atomic E-state index is 12.3. The van der Waals surface area contributed by atoms with Gasteiger partial charge in [-0.3, -0.25) is 19.7 Å². The molecule has 8 heteroatoms. The number of aromatic nitrogens is 1. The number of piperidine rings is 2. The van der Waals surface area contributed by atoms with Gasteiger partial charge in [0.1, 0.15) is 11.9 Å². The van der Waals surface area contributed by atoms with Crippen LogP contribution in [0, 0.1) is 5.92 Å². The third kappa shape index (κ3) is 4.14. The van der Waals surface area contributed by atoms with E-state index in [0.29, 0.717) is 17.9 Å². The Kier molecular flexibility index (Phi) is 5.28. The minimum atomic E-state index is -0.692. The Morgan fingerprint density at radius 3 is 2.64 bits per heavy atom. The molecule has 3 N–H and O–H groups in total. The van der Waals surface area contributed by atoms with E-state index in [-0.39, 0.29) is 24.8 Å². The molecule has 0 spiro atoms. The molecule has 8 nitrogen and oxygen atoms in total. The number of nitrogens with one attached hydrogen (secondary N) is 2. The average molecular weight is 346 g/mol. The standard InChI is InChI=1S/C17H22N4O4/c22-10-11-5-7-21(8-6-11)14-3-1-12(9-18-14)16(24)19-13-2-4-15(23)20-17(13)25/h1,3,9,11,13,22H,2,4-8,10H2,(H,19,24)(H,20,23,25). The topological polar surface area (TPSA) is 112 Å². The minimum absolute atomic E-state index is 0.220. The third-order valence-corrected chi connectivity index (χ3v) is 4.75. The quantitative estimate of drug-likeness (QED) is 0.653. The smallest absolute Gasteiger partial charge is 0.253 e. The lowest BCUT2D eigenvalue weighted by Crippen LogP contribution is -2.52. The van der Waals surface area contributed by atoms with Crippen molar-refractivity contribution in [3.05, 3.63) is 23.9 Å². The van der Waals surface area contributed by atoms with Gasteiger partial charge >= 0.3 is 0 Å². The zero-order chi connectivity index (χ0) is 17.8. The Balaban J connectivity index is 1.57. The van der Waals surface area contributed by atoms with Crippen LogP contribution in [0.25, 0.3) is 0 Å². The number of anilines is 1. The molecule has 1 unspecified atom stereocenters. The molecule has 0 bridgehead atoms. The first kappa shape index (κ1) is 17.3. The molecule has 2 saturated heterocycles. The first-order valence-electron chi connectivity index (χ1n) is 8.53. The van der Waals surface area contributed by atoms with E-state index >= 15 is 0 Å². The first-order chi connectivity index (χ1) is 12.1. The second-order valence-corrected chi connectivity index (χ2v) is 6.50. The van der Waals surface area contributed by atoms with Crippen LogP contribution in [0.5, 0.6) is 0 Å². The van der Waals surface area contributed by atoms with Crippen molar-refractivity contribution in [3.63, 3.8) is 0 Å². The number of imide groups is 1. The van der Waals surface area contributed by atoms with Gasteiger partial charge in [-0.15, -0.1) is 0 Å². The number of amides is 3. The van der Waals surface area contributed by atoms with Crippen molar-refractivity contribution in [3.8, 4) is 0 Å². The van der Waals surface area contributed by atoms with Crippen LogP contribution in [-0.4, -0.2) is 53.6 Å². The van der Waals surface area contributed by atoms with Gasteiger partial charge in [0.25, 0.3) is 5.91 Å². The first-order valence-corrected chi connectivity index (χ1v) is 8.53. The number of rotatable bonds is 4. The maximum atomic E-state index is 12.3. The molecule has 2 fully saturated rings. The maximum Gasteiger partial charge on any atom is 0.253 e. The van der Waals surface area contributed by atoms with Gasteiger partial charge in [0.2, 0.25) is 11.8 Å². The highest BCUT2D eigenvalue weighted by Gasteiger charge is 2.28. The van der Waals surface area contributed by atoms with Crippen molar-refractivity contribution in [2.24, 2.45) is 5.92 Å². The lowest BCUT2D eigenvalue weighted by atomic mass is 9.98. The molecule has 0 aromatic carbocycles. The summed E-state index contributed by atoms with van der Waals surface area (Å²) in [6.45, 7) is 1.89. The fraction of sp³-hybridized carbons (Fsp3) is 0.529. The van der Waals surface area contributed by atoms with Crippen LogP contribution in [0.4, 0.5) is 5.82 Å². The summed E-state index contributed by atoms with van der Waals surface area (Å²) in [5, 5.41) is 14.0. The molecular weight excluding hydrogens is 324 g/mol. The number of carbonyl (C=O) groups is 3. The molecule has 3 heterocycles. The molecule has 3 amide bonds. The van der Waals surface area contributed by atoms with Crippen LogP contribution in [0.15, 0.2) is 18.3 Å². The average Bonchev–Trinajstić information content (AvgIpc) is 2.64. The van der Waals surface area contributed by atoms with Crippen molar-refractivity contribution < 1.29 is 19.5 Å². The van der Waals surface area contributed by atoms with Gasteiger partial charge < -0.3 is 15.3 Å². The van der Waals surface area contributed by atoms with E-state index in [1.54, 1.807) is 12.1 Å². The third-order valence-electron chi connectivity index (χ3n) is 4.75. The number of hydrogen-bond donors (Lipinski definition) is 3. The zero-order valence-electron chi connectivity index (χ0n) is 13.9. The van der Waals surface area contributed by atoms with E-state index in [4.69, 9.17) is 0 Å². The highest BCUT2D eigenvalue weighted by Crippen LogP contribution is 2.21. The van der Waals surface area contributed by atoms with Crippen LogP contribution >= 0.6 is 0 Å². The largest absolute Gasteiger partial charge is 0.396 e. The molecule has 2 aliphatic heterocycles. The SMILES string of the molecule is O=C1CCC(NC(=O)c2ccc(N3CCC(CO)CC3)nc2)C(=O)N1. The van der Waals surface area contributed by atoms with Crippen LogP contribution in [0.3, 0.4) is 0 Å². The Bertz CT molecular complexity index is 653. The second kappa shape index (κ2) is 7.60. The van der Waals surface area contributed by atoms with E-state index in [9.17, 15) is 19.5 Å². The van der Waals surface area contributed by atoms with Crippen molar-refractivity contribution in [2.45, 2.75) is 31.7 Å². The van der Waals surface area contributed by atoms with Crippen LogP contribution < -0.4 is 15.5 Å². The number of carbonyl (C=O) groups excluding carboxylic acids is 3. The van der Waals surface area contributed by atoms with E-state index in [0.717, 1.165) is 31.7 Å². The van der Waals surface area contributed by atoms with Gasteiger partial charge in [-0.2, -0.15) is 0 Å². The summed E-state index contributed by atoms with van der Waals surface area (Å²) in [4.78, 5) is 41.6. The zero-order valence-corrected chi connectivity index (χ0v) is 13.9. The molecule has 0 radical (unpaired) electrons. The van der Waals surface area contributed by atoms with Gasteiger partial charge in [0.05, 0.1) is 5.56 Å². The minimum Gasteiger partial charge on any atom is -0.396 e. The monoisotopic (exact) mass is 346 g/mol. The van der Waals surface area contributed by atoms with Crippen molar-refractivity contribution in [2.75, 3.05) is 24.6 Å². The second-order valence-electron chi connectivity index (χ2n) is 6.50. The molecule has 134 valence electrons. The molecule has 1 atom stereocenters. The van der Waals surface area contributed by atoms with Crippen molar-refractivity contribution in [1.29, 1.82) is 0 Å². The van der Waals surface area contributed by atoms with Crippen LogP contribution in [0.1, 0.15) is 36.0 Å². The molecule has 0 aliphatic carbocycles. The highest BCUT2D eigenvalue weighted by atomic mass is 16.3. The molecule has 2 aliphatic rings. The highest BCUT2D eigenvalue weighted by molar-refractivity contribution is 6.03. The summed E-state index contributed by atoms with van der Waals surface area (Å²) in [7, 11) is 0. The molecule has 0 saturated carbocycles. The summed E-state index contributed by atoms with van der Waals surface area (Å²) in [6.07, 6.45) is 3.87. The molecule has 25 heavy (non-hydrogen) atoms. The lowest BCUT2D eigenvalue weighted by Gasteiger charge is -2.32. The van der Waals surface area contributed by atoms with Crippen LogP contribution in [-0.2, 0) is 9.59 Å². The number of hydrogen-bond acceptors (Lipinski definition) is 6. The summed E-state index contributed by atoms with van der Waals surface area (Å²) < 4.78 is 0. The summed E-state index contributed by atoms with van der Waals surface area (Å²) >= 11 is 0. The van der Waals surface area contributed by atoms with E-state index < -0.39 is 11.9 Å². The number of aliphatic hydroxyl groups excluding tert-OH is 1. The number of aliphatic hydroxyl groups is 1. The summed E-state index contributed by atoms with van der Waals surface area (Å²) in [5.74, 6) is -0.0104. The molecule has 3 rings (SSSR count). The van der Waals surface area contributed by atoms with E-state index in [1.807, 2.05) is 0 Å². The predicted octanol–water partition coefficient (Wildman–Crippen LogP) is -0.175. The van der Waals surface area contributed by atoms with E-state index in [2.05, 4.69) is 20.5 Å². The van der Waals surface area contributed by atoms with Crippen LogP contribution in [0.2, 0.25) is 0 Å². The lowest BCUT2D eigenvalue weighted by molar-refractivity contribution is -0.134. The fourth-order valence-corrected chi connectivity index (χ4v) is 3.12. The van der Waals surface area contributed by atoms with Crippen molar-refractivity contribution in [1.82, 2.24) is 15.6 Å².